The molecule has 0 spiro atoms. The maximum absolute atomic E-state index is 6.74. The van der Waals surface area contributed by atoms with E-state index in [1.54, 1.807) is 0 Å². The predicted octanol–water partition coefficient (Wildman–Crippen LogP) is 17.7. The van der Waals surface area contributed by atoms with Crippen LogP contribution in [0.25, 0.3) is 0 Å². The highest BCUT2D eigenvalue weighted by atomic mass is 28.4. The van der Waals surface area contributed by atoms with E-state index in [1.165, 1.54) is 226 Å². The maximum atomic E-state index is 6.74. The molecule has 5 aliphatic heterocycles. The van der Waals surface area contributed by atoms with Crippen LogP contribution in [0.1, 0.15) is 259 Å². The summed E-state index contributed by atoms with van der Waals surface area (Å²) in [7, 11) is -7.25. The van der Waals surface area contributed by atoms with Crippen molar-refractivity contribution in [3.05, 3.63) is 47.1 Å². The molecule has 5 saturated heterocycles. The molecule has 9 rings (SSSR count). The number of unbranched alkanes of at least 4 members (excludes halogenated alkanes) is 12. The lowest BCUT2D eigenvalue weighted by Gasteiger charge is -2.36. The standard InChI is InChI=1S/C32H56N8.2C20H42OSi2/c1-2-10-18-17(9-1)25-33-26(18)38-28-21-13-5-6-14-22(21)30(35-28)40-32-24-16-8-7-15-23(24)31(36-32)39-29-20-12-4-3-11-19(20)27(34-29)37-25;2*1-9-11-13-15-17-19(3)22(5,6)21-23(7,8)20(4)18-16-14-12-10-2/h17-40H,1-16H2;2*3-4,9-18H2,1-2,5-8H3. The molecule has 0 radical (unpaired) electrons. The lowest BCUT2D eigenvalue weighted by Crippen LogP contribution is -2.61. The van der Waals surface area contributed by atoms with Crippen LogP contribution >= 0.6 is 0 Å². The van der Waals surface area contributed by atoms with Crippen molar-refractivity contribution < 1.29 is 8.23 Å². The van der Waals surface area contributed by atoms with Crippen molar-refractivity contribution in [2.24, 2.45) is 47.3 Å². The highest BCUT2D eigenvalue weighted by Crippen LogP contribution is 2.46. The van der Waals surface area contributed by atoms with E-state index < -0.39 is 33.3 Å². The SMILES string of the molecule is C1CCC2C3NC(NC4NC(NC5NC(NC6NC(N3)C3CCCCC63)C3CCCCC53)C3CCCCC43)C2C1.C=C(CCCCCC)[Si](C)(C)O[Si](C)(C)C(=C)CCCCCC.C=C(CCCCCC)[Si](C)(C)O[Si](C)(C)C(=C)CCCCCC. The first kappa shape index (κ1) is 72.8. The van der Waals surface area contributed by atoms with E-state index in [4.69, 9.17) is 8.23 Å². The van der Waals surface area contributed by atoms with Gasteiger partial charge in [-0.2, -0.15) is 0 Å². The average molecular weight is 1260 g/mol. The molecule has 0 amide bonds. The summed E-state index contributed by atoms with van der Waals surface area (Å²) in [6.07, 6.45) is 51.1. The summed E-state index contributed by atoms with van der Waals surface area (Å²) in [6.45, 7) is 45.2. The first-order valence-electron chi connectivity index (χ1n) is 37.4. The largest absolute Gasteiger partial charge is 0.449 e. The minimum atomic E-state index is -1.81. The zero-order valence-corrected chi connectivity index (χ0v) is 62.3. The van der Waals surface area contributed by atoms with Gasteiger partial charge in [0, 0.05) is 0 Å². The third-order valence-electron chi connectivity index (χ3n) is 23.6. The van der Waals surface area contributed by atoms with Crippen LogP contribution in [-0.4, -0.2) is 82.6 Å². The highest BCUT2D eigenvalue weighted by Gasteiger charge is 2.54. The molecule has 0 aromatic heterocycles. The monoisotopic (exact) mass is 1260 g/mol. The Hall–Kier alpha value is -0.572. The molecule has 14 heteroatoms. The highest BCUT2D eigenvalue weighted by molar-refractivity contribution is 6.92. The third-order valence-corrected chi connectivity index (χ3v) is 39.5. The van der Waals surface area contributed by atoms with Gasteiger partial charge in [0.15, 0.2) is 0 Å². The minimum absolute atomic E-state index is 0.420. The molecule has 86 heavy (non-hydrogen) atoms. The van der Waals surface area contributed by atoms with Gasteiger partial charge in [-0.1, -0.05) is 177 Å². The van der Waals surface area contributed by atoms with E-state index in [0.717, 1.165) is 73.0 Å². The Balaban J connectivity index is 0.000000200. The van der Waals surface area contributed by atoms with E-state index in [2.05, 4.69) is 149 Å². The second kappa shape index (κ2) is 35.1. The first-order valence-corrected chi connectivity index (χ1v) is 49.0. The van der Waals surface area contributed by atoms with Gasteiger partial charge in [0.2, 0.25) is 33.3 Å². The summed E-state index contributed by atoms with van der Waals surface area (Å²) < 4.78 is 13.5. The van der Waals surface area contributed by atoms with Crippen LogP contribution < -0.4 is 42.5 Å². The number of nitrogens with one attached hydrogen (secondary N) is 8. The van der Waals surface area contributed by atoms with Crippen LogP contribution in [0.15, 0.2) is 47.1 Å². The normalized spacial score (nSPS) is 33.4. The topological polar surface area (TPSA) is 115 Å². The molecular formula is C72H140N8O2Si4. The van der Waals surface area contributed by atoms with Crippen molar-refractivity contribution in [1.29, 1.82) is 0 Å². The molecule has 8 atom stereocenters. The summed E-state index contributed by atoms with van der Waals surface area (Å²) >= 11 is 0. The first-order chi connectivity index (χ1) is 41.1. The Bertz CT molecular complexity index is 1730. The van der Waals surface area contributed by atoms with Gasteiger partial charge in [-0.15, -0.1) is 26.3 Å². The lowest BCUT2D eigenvalue weighted by molar-refractivity contribution is 0.167. The lowest BCUT2D eigenvalue weighted by atomic mass is 9.76. The van der Waals surface area contributed by atoms with Crippen LogP contribution in [0.2, 0.25) is 52.4 Å². The number of rotatable bonds is 28. The van der Waals surface area contributed by atoms with E-state index >= 15 is 0 Å². The number of hydrogen-bond acceptors (Lipinski definition) is 10. The molecular weight excluding hydrogens is 1120 g/mol. The van der Waals surface area contributed by atoms with Gasteiger partial charge in [0.1, 0.15) is 0 Å². The Morgan fingerprint density at radius 3 is 0.558 bits per heavy atom. The van der Waals surface area contributed by atoms with Crippen molar-refractivity contribution in [1.82, 2.24) is 42.5 Å². The molecule has 496 valence electrons. The number of allylic oxidation sites excluding steroid dienone is 4. The number of fused-ring (bicyclic) bond motifs is 20. The van der Waals surface area contributed by atoms with Gasteiger partial charge in [0.05, 0.1) is 49.3 Å². The molecule has 9 aliphatic rings. The van der Waals surface area contributed by atoms with Crippen molar-refractivity contribution in [3.8, 4) is 0 Å². The van der Waals surface area contributed by atoms with E-state index in [-0.39, 0.29) is 0 Å². The Labute approximate surface area is 535 Å². The van der Waals surface area contributed by atoms with Crippen LogP contribution in [0.4, 0.5) is 0 Å². The van der Waals surface area contributed by atoms with Crippen LogP contribution in [-0.2, 0) is 8.23 Å². The average Bonchev–Trinajstić information content (AvgIpc) is 1.88. The predicted molar refractivity (Wildman–Crippen MR) is 381 cm³/mol. The summed E-state index contributed by atoms with van der Waals surface area (Å²) in [5, 5.41) is 39.3. The van der Waals surface area contributed by atoms with Gasteiger partial charge in [-0.25, -0.2) is 0 Å². The fourth-order valence-electron chi connectivity index (χ4n) is 17.8. The van der Waals surface area contributed by atoms with Crippen molar-refractivity contribution in [2.75, 3.05) is 0 Å². The van der Waals surface area contributed by atoms with Crippen molar-refractivity contribution in [3.63, 3.8) is 0 Å². The van der Waals surface area contributed by atoms with Crippen molar-refractivity contribution in [2.45, 2.75) is 361 Å². The van der Waals surface area contributed by atoms with Crippen LogP contribution in [0, 0.1) is 47.3 Å². The van der Waals surface area contributed by atoms with E-state index in [0.29, 0.717) is 49.3 Å². The molecule has 4 aliphatic carbocycles. The molecule has 8 unspecified atom stereocenters. The van der Waals surface area contributed by atoms with Gasteiger partial charge >= 0.3 is 0 Å². The molecule has 5 heterocycles. The van der Waals surface area contributed by atoms with E-state index in [1.807, 2.05) is 0 Å². The van der Waals surface area contributed by atoms with E-state index in [9.17, 15) is 0 Å². The van der Waals surface area contributed by atoms with Gasteiger partial charge in [0.25, 0.3) is 0 Å². The molecule has 8 N–H and O–H groups in total. The quantitative estimate of drug-likeness (QED) is 0.0285. The summed E-state index contributed by atoms with van der Waals surface area (Å²) in [5.74, 6) is 5.97. The minimum Gasteiger partial charge on any atom is -0.449 e. The zero-order valence-electron chi connectivity index (χ0n) is 58.3. The second-order valence-electron chi connectivity index (χ2n) is 31.5. The summed E-state index contributed by atoms with van der Waals surface area (Å²) in [4.78, 5) is 0. The Morgan fingerprint density at radius 1 is 0.267 bits per heavy atom. The third kappa shape index (κ3) is 20.2. The molecule has 4 saturated carbocycles. The smallest absolute Gasteiger partial charge is 0.201 e. The van der Waals surface area contributed by atoms with Crippen molar-refractivity contribution >= 4 is 33.3 Å². The van der Waals surface area contributed by atoms with Gasteiger partial charge < -0.3 is 8.23 Å². The van der Waals surface area contributed by atoms with Gasteiger partial charge in [-0.3, -0.25) is 42.5 Å². The Morgan fingerprint density at radius 2 is 0.419 bits per heavy atom. The second-order valence-corrected chi connectivity index (χ2v) is 48.0. The maximum Gasteiger partial charge on any atom is 0.201 e. The summed E-state index contributed by atoms with van der Waals surface area (Å²) in [5.41, 5.74) is 0. The fourth-order valence-corrected chi connectivity index (χ4v) is 33.4. The molecule has 0 aromatic carbocycles. The molecule has 8 bridgehead atoms. The zero-order chi connectivity index (χ0) is 62.1. The fraction of sp³-hybridized carbons (Fsp3) is 0.889. The molecule has 9 fully saturated rings. The van der Waals surface area contributed by atoms with Crippen LogP contribution in [0.5, 0.6) is 0 Å². The summed E-state index contributed by atoms with van der Waals surface area (Å²) in [6, 6.07) is 0. The number of hydrogen-bond donors (Lipinski definition) is 8. The van der Waals surface area contributed by atoms with Gasteiger partial charge in [-0.05, 0) is 202 Å². The molecule has 0 aromatic rings. The Kier molecular flexibility index (Phi) is 29.7. The molecule has 10 nitrogen and oxygen atoms in total. The van der Waals surface area contributed by atoms with Crippen LogP contribution in [0.3, 0.4) is 0 Å².